The van der Waals surface area contributed by atoms with Crippen LogP contribution in [0, 0.1) is 0 Å². The minimum Gasteiger partial charge on any atom is -0.394 e. The number of guanidine groups is 1. The fraction of sp³-hybridized carbons (Fsp3) is 0.588. The lowest BCUT2D eigenvalue weighted by atomic mass is 10.0. The molecule has 0 aromatic heterocycles. The summed E-state index contributed by atoms with van der Waals surface area (Å²) < 4.78 is 0. The van der Waals surface area contributed by atoms with Crippen LogP contribution >= 0.6 is 0 Å². The van der Waals surface area contributed by atoms with Gasteiger partial charge in [-0.1, -0.05) is 30.3 Å². The molecule has 2 rings (SSSR count). The third-order valence-electron chi connectivity index (χ3n) is 3.89. The van der Waals surface area contributed by atoms with E-state index in [-0.39, 0.29) is 6.61 Å². The Bertz CT molecular complexity index is 441. The van der Waals surface area contributed by atoms with E-state index in [4.69, 9.17) is 5.11 Å². The normalized spacial score (nSPS) is 17.5. The molecule has 1 aliphatic heterocycles. The first kappa shape index (κ1) is 16.8. The van der Waals surface area contributed by atoms with Crippen LogP contribution in [0.25, 0.3) is 0 Å². The van der Waals surface area contributed by atoms with E-state index < -0.39 is 0 Å². The molecule has 1 saturated heterocycles. The standard InChI is InChI=1S/C17H28N4O/c1-2-18-17(19-10-13-22)20-16-8-11-21(12-9-16)14-15-6-4-3-5-7-15/h3-7,16,22H,2,8-14H2,1H3,(H2,18,19,20). The SMILES string of the molecule is CCNC(=NCCO)NC1CCN(Cc2ccccc2)CC1. The number of hydrogen-bond donors (Lipinski definition) is 3. The van der Waals surface area contributed by atoms with Gasteiger partial charge in [-0.25, -0.2) is 0 Å². The van der Waals surface area contributed by atoms with E-state index in [9.17, 15) is 0 Å². The summed E-state index contributed by atoms with van der Waals surface area (Å²) in [7, 11) is 0. The van der Waals surface area contributed by atoms with E-state index in [2.05, 4.69) is 57.8 Å². The Hall–Kier alpha value is -1.59. The molecule has 0 saturated carbocycles. The Labute approximate surface area is 133 Å². The molecule has 0 aliphatic carbocycles. The van der Waals surface area contributed by atoms with Crippen LogP contribution in [0.4, 0.5) is 0 Å². The molecule has 1 aliphatic rings. The molecule has 1 aromatic carbocycles. The summed E-state index contributed by atoms with van der Waals surface area (Å²) in [6.07, 6.45) is 2.24. The first-order chi connectivity index (χ1) is 10.8. The molecule has 3 N–H and O–H groups in total. The number of piperidine rings is 1. The molecule has 0 bridgehead atoms. The Kier molecular flexibility index (Phi) is 7.19. The van der Waals surface area contributed by atoms with E-state index in [0.29, 0.717) is 12.6 Å². The van der Waals surface area contributed by atoms with Crippen LogP contribution in [-0.4, -0.2) is 54.8 Å². The van der Waals surface area contributed by atoms with Gasteiger partial charge in [0.05, 0.1) is 13.2 Å². The molecule has 0 atom stereocenters. The van der Waals surface area contributed by atoms with Gasteiger partial charge in [-0.15, -0.1) is 0 Å². The highest BCUT2D eigenvalue weighted by Crippen LogP contribution is 2.13. The molecule has 22 heavy (non-hydrogen) atoms. The van der Waals surface area contributed by atoms with Gasteiger partial charge in [-0.2, -0.15) is 0 Å². The average Bonchev–Trinajstić information content (AvgIpc) is 2.55. The highest BCUT2D eigenvalue weighted by atomic mass is 16.3. The Balaban J connectivity index is 1.76. The van der Waals surface area contributed by atoms with Crippen molar-refractivity contribution in [1.29, 1.82) is 0 Å². The summed E-state index contributed by atoms with van der Waals surface area (Å²) in [5, 5.41) is 15.6. The second-order valence-electron chi connectivity index (χ2n) is 5.66. The van der Waals surface area contributed by atoms with Crippen LogP contribution in [-0.2, 0) is 6.54 Å². The number of aliphatic hydroxyl groups excluding tert-OH is 1. The minimum atomic E-state index is 0.0894. The maximum Gasteiger partial charge on any atom is 0.191 e. The first-order valence-corrected chi connectivity index (χ1v) is 8.23. The average molecular weight is 304 g/mol. The zero-order valence-corrected chi connectivity index (χ0v) is 13.5. The molecule has 1 heterocycles. The van der Waals surface area contributed by atoms with Crippen molar-refractivity contribution in [2.45, 2.75) is 32.4 Å². The van der Waals surface area contributed by atoms with Crippen LogP contribution in [0.5, 0.6) is 0 Å². The summed E-state index contributed by atoms with van der Waals surface area (Å²) in [6, 6.07) is 11.1. The van der Waals surface area contributed by atoms with Crippen molar-refractivity contribution in [3.8, 4) is 0 Å². The van der Waals surface area contributed by atoms with Crippen molar-refractivity contribution in [2.24, 2.45) is 4.99 Å². The topological polar surface area (TPSA) is 59.9 Å². The van der Waals surface area contributed by atoms with Crippen LogP contribution in [0.3, 0.4) is 0 Å². The van der Waals surface area contributed by atoms with Gasteiger partial charge >= 0.3 is 0 Å². The fourth-order valence-corrected chi connectivity index (χ4v) is 2.75. The van der Waals surface area contributed by atoms with Crippen molar-refractivity contribution in [3.05, 3.63) is 35.9 Å². The van der Waals surface area contributed by atoms with Gasteiger partial charge in [0.25, 0.3) is 0 Å². The number of benzene rings is 1. The predicted molar refractivity (Wildman–Crippen MR) is 90.9 cm³/mol. The number of hydrogen-bond acceptors (Lipinski definition) is 3. The lowest BCUT2D eigenvalue weighted by Crippen LogP contribution is -2.48. The smallest absolute Gasteiger partial charge is 0.191 e. The predicted octanol–water partition coefficient (Wildman–Crippen LogP) is 1.20. The largest absolute Gasteiger partial charge is 0.394 e. The van der Waals surface area contributed by atoms with Gasteiger partial charge in [-0.05, 0) is 25.3 Å². The minimum absolute atomic E-state index is 0.0894. The Morgan fingerprint density at radius 3 is 2.64 bits per heavy atom. The van der Waals surface area contributed by atoms with Gasteiger partial charge in [0.15, 0.2) is 5.96 Å². The van der Waals surface area contributed by atoms with E-state index in [1.807, 2.05) is 0 Å². The molecule has 5 heteroatoms. The number of aliphatic imine (C=N–C) groups is 1. The number of nitrogens with zero attached hydrogens (tertiary/aromatic N) is 2. The second-order valence-corrected chi connectivity index (χ2v) is 5.66. The number of aliphatic hydroxyl groups is 1. The van der Waals surface area contributed by atoms with E-state index in [1.54, 1.807) is 0 Å². The molecular weight excluding hydrogens is 276 g/mol. The molecule has 0 radical (unpaired) electrons. The molecule has 0 unspecified atom stereocenters. The maximum atomic E-state index is 8.89. The van der Waals surface area contributed by atoms with Gasteiger partial charge in [0.1, 0.15) is 0 Å². The molecular formula is C17H28N4O. The maximum absolute atomic E-state index is 8.89. The van der Waals surface area contributed by atoms with Crippen molar-refractivity contribution in [1.82, 2.24) is 15.5 Å². The van der Waals surface area contributed by atoms with E-state index in [0.717, 1.165) is 45.0 Å². The van der Waals surface area contributed by atoms with Crippen molar-refractivity contribution in [2.75, 3.05) is 32.8 Å². The van der Waals surface area contributed by atoms with Crippen LogP contribution < -0.4 is 10.6 Å². The summed E-state index contributed by atoms with van der Waals surface area (Å²) in [5.74, 6) is 0.818. The summed E-state index contributed by atoms with van der Waals surface area (Å²) in [6.45, 7) is 6.67. The van der Waals surface area contributed by atoms with Crippen LogP contribution in [0.1, 0.15) is 25.3 Å². The lowest BCUT2D eigenvalue weighted by molar-refractivity contribution is 0.198. The van der Waals surface area contributed by atoms with Gasteiger partial charge in [0.2, 0.25) is 0 Å². The van der Waals surface area contributed by atoms with Crippen LogP contribution in [0.2, 0.25) is 0 Å². The van der Waals surface area contributed by atoms with Gasteiger partial charge in [-0.3, -0.25) is 9.89 Å². The van der Waals surface area contributed by atoms with Gasteiger partial charge in [0, 0.05) is 32.2 Å². The van der Waals surface area contributed by atoms with E-state index in [1.165, 1.54) is 5.56 Å². The number of rotatable bonds is 6. The molecule has 122 valence electrons. The third kappa shape index (κ3) is 5.66. The summed E-state index contributed by atoms with van der Waals surface area (Å²) in [4.78, 5) is 6.85. The van der Waals surface area contributed by atoms with Crippen molar-refractivity contribution >= 4 is 5.96 Å². The highest BCUT2D eigenvalue weighted by Gasteiger charge is 2.19. The second kappa shape index (κ2) is 9.43. The van der Waals surface area contributed by atoms with Crippen molar-refractivity contribution < 1.29 is 5.11 Å². The Morgan fingerprint density at radius 2 is 2.00 bits per heavy atom. The summed E-state index contributed by atoms with van der Waals surface area (Å²) in [5.41, 5.74) is 1.38. The monoisotopic (exact) mass is 304 g/mol. The number of nitrogens with one attached hydrogen (secondary N) is 2. The molecule has 5 nitrogen and oxygen atoms in total. The van der Waals surface area contributed by atoms with Gasteiger partial charge < -0.3 is 15.7 Å². The fourth-order valence-electron chi connectivity index (χ4n) is 2.75. The zero-order chi connectivity index (χ0) is 15.6. The number of likely N-dealkylation sites (tertiary alicyclic amines) is 1. The molecule has 1 fully saturated rings. The van der Waals surface area contributed by atoms with E-state index >= 15 is 0 Å². The quantitative estimate of drug-likeness (QED) is 0.546. The van der Waals surface area contributed by atoms with Crippen LogP contribution in [0.15, 0.2) is 35.3 Å². The highest BCUT2D eigenvalue weighted by molar-refractivity contribution is 5.80. The molecule has 1 aromatic rings. The first-order valence-electron chi connectivity index (χ1n) is 8.23. The van der Waals surface area contributed by atoms with Crippen molar-refractivity contribution in [3.63, 3.8) is 0 Å². The summed E-state index contributed by atoms with van der Waals surface area (Å²) >= 11 is 0. The Morgan fingerprint density at radius 1 is 1.27 bits per heavy atom. The zero-order valence-electron chi connectivity index (χ0n) is 13.5. The lowest BCUT2D eigenvalue weighted by Gasteiger charge is -2.33. The molecule has 0 spiro atoms. The third-order valence-corrected chi connectivity index (χ3v) is 3.89. The molecule has 0 amide bonds.